The zero-order valence-electron chi connectivity index (χ0n) is 14.7. The quantitative estimate of drug-likeness (QED) is 0.805. The van der Waals surface area contributed by atoms with E-state index < -0.39 is 6.10 Å². The normalized spacial score (nSPS) is 52.4. The van der Waals surface area contributed by atoms with Crippen LogP contribution in [0.25, 0.3) is 0 Å². The molecule has 0 spiro atoms. The largest absolute Gasteiger partial charge is 0.385 e. The number of rotatable bonds is 1. The molecule has 0 heterocycles. The van der Waals surface area contributed by atoms with Crippen molar-refractivity contribution in [2.45, 2.75) is 71.0 Å². The third kappa shape index (κ3) is 2.05. The Labute approximate surface area is 139 Å². The van der Waals surface area contributed by atoms with Crippen LogP contribution in [-0.2, 0) is 9.53 Å². The third-order valence-corrected chi connectivity index (χ3v) is 8.20. The van der Waals surface area contributed by atoms with Gasteiger partial charge in [0.25, 0.3) is 0 Å². The molecule has 1 N–H and O–H groups in total. The number of hydrogen-bond acceptors (Lipinski definition) is 3. The smallest absolute Gasteiger partial charge is 0.184 e. The summed E-state index contributed by atoms with van der Waals surface area (Å²) in [5.41, 5.74) is 1.68. The van der Waals surface area contributed by atoms with Crippen LogP contribution < -0.4 is 0 Å². The van der Waals surface area contributed by atoms with Crippen LogP contribution in [-0.4, -0.2) is 30.2 Å². The van der Waals surface area contributed by atoms with Gasteiger partial charge in [-0.1, -0.05) is 19.4 Å². The van der Waals surface area contributed by atoms with E-state index in [0.29, 0.717) is 23.9 Å². The molecule has 3 nitrogen and oxygen atoms in total. The van der Waals surface area contributed by atoms with Crippen LogP contribution >= 0.6 is 0 Å². The summed E-state index contributed by atoms with van der Waals surface area (Å²) in [7, 11) is 1.87. The Morgan fingerprint density at radius 2 is 1.96 bits per heavy atom. The molecule has 0 aromatic rings. The van der Waals surface area contributed by atoms with E-state index in [2.05, 4.69) is 13.8 Å². The van der Waals surface area contributed by atoms with Crippen LogP contribution in [0.15, 0.2) is 11.6 Å². The molecular weight excluding hydrogens is 288 g/mol. The molecule has 0 radical (unpaired) electrons. The van der Waals surface area contributed by atoms with Crippen molar-refractivity contribution in [1.29, 1.82) is 0 Å². The first-order valence-electron chi connectivity index (χ1n) is 9.36. The van der Waals surface area contributed by atoms with Crippen LogP contribution in [0.4, 0.5) is 0 Å². The third-order valence-electron chi connectivity index (χ3n) is 8.20. The Bertz CT molecular complexity index is 553. The van der Waals surface area contributed by atoms with Gasteiger partial charge in [0.05, 0.1) is 6.10 Å². The Morgan fingerprint density at radius 1 is 1.17 bits per heavy atom. The van der Waals surface area contributed by atoms with Gasteiger partial charge >= 0.3 is 0 Å². The van der Waals surface area contributed by atoms with Gasteiger partial charge in [0.15, 0.2) is 5.78 Å². The maximum Gasteiger partial charge on any atom is 0.184 e. The van der Waals surface area contributed by atoms with Gasteiger partial charge in [-0.15, -0.1) is 0 Å². The summed E-state index contributed by atoms with van der Waals surface area (Å²) < 4.78 is 5.83. The number of ether oxygens (including phenoxy) is 1. The fraction of sp³-hybridized carbons (Fsp3) is 0.850. The summed E-state index contributed by atoms with van der Waals surface area (Å²) in [6.07, 6.45) is 9.22. The van der Waals surface area contributed by atoms with Gasteiger partial charge in [0, 0.05) is 7.11 Å². The van der Waals surface area contributed by atoms with E-state index in [0.717, 1.165) is 18.3 Å². The molecule has 3 saturated carbocycles. The molecule has 0 aromatic carbocycles. The molecule has 3 heteroatoms. The maximum absolute atomic E-state index is 11.9. The SMILES string of the molecule is CO[C@H]1CC[C@H]2[C@@H]3CCC4=CC(=O)[C@@H](O)C[C@]4(C)[C@H]3CC[C@]12C. The van der Waals surface area contributed by atoms with Gasteiger partial charge in [-0.2, -0.15) is 0 Å². The zero-order chi connectivity index (χ0) is 16.4. The lowest BCUT2D eigenvalue weighted by Crippen LogP contribution is -2.53. The van der Waals surface area contributed by atoms with E-state index in [9.17, 15) is 9.90 Å². The number of carbonyl (C=O) groups is 1. The van der Waals surface area contributed by atoms with Crippen LogP contribution in [0, 0.1) is 28.6 Å². The standard InChI is InChI=1S/C20H30O3/c1-19-9-8-15-13(14(19)6-7-18(19)23-3)5-4-12-10-16(21)17(22)11-20(12,15)2/h10,13-15,17-18,22H,4-9,11H2,1-3H3/t13-,14-,15-,17-,18-,19-,20-/m0/s1. The Morgan fingerprint density at radius 3 is 2.70 bits per heavy atom. The molecule has 3 fully saturated rings. The Hall–Kier alpha value is -0.670. The lowest BCUT2D eigenvalue weighted by molar-refractivity contribution is -0.129. The molecule has 0 amide bonds. The van der Waals surface area contributed by atoms with E-state index in [4.69, 9.17) is 4.74 Å². The van der Waals surface area contributed by atoms with Gasteiger partial charge in [0.1, 0.15) is 6.10 Å². The van der Waals surface area contributed by atoms with Crippen LogP contribution in [0.5, 0.6) is 0 Å². The highest BCUT2D eigenvalue weighted by Gasteiger charge is 2.59. The second-order valence-corrected chi connectivity index (χ2v) is 8.97. The van der Waals surface area contributed by atoms with Crippen molar-refractivity contribution < 1.29 is 14.6 Å². The van der Waals surface area contributed by atoms with Crippen LogP contribution in [0.1, 0.15) is 58.8 Å². The molecule has 0 bridgehead atoms. The topological polar surface area (TPSA) is 46.5 Å². The van der Waals surface area contributed by atoms with E-state index in [1.165, 1.54) is 37.7 Å². The van der Waals surface area contributed by atoms with Gasteiger partial charge in [-0.05, 0) is 79.6 Å². The Balaban J connectivity index is 1.67. The molecule has 128 valence electrons. The number of allylic oxidation sites excluding steroid dienone is 1. The molecule has 4 aliphatic rings. The summed E-state index contributed by atoms with van der Waals surface area (Å²) in [6, 6.07) is 0. The van der Waals surface area contributed by atoms with Gasteiger partial charge in [-0.25, -0.2) is 0 Å². The second kappa shape index (κ2) is 5.16. The average Bonchev–Trinajstić information content (AvgIpc) is 2.85. The van der Waals surface area contributed by atoms with Crippen molar-refractivity contribution in [3.63, 3.8) is 0 Å². The van der Waals surface area contributed by atoms with Crippen LogP contribution in [0.3, 0.4) is 0 Å². The lowest BCUT2D eigenvalue weighted by Gasteiger charge is -2.58. The minimum Gasteiger partial charge on any atom is -0.385 e. The van der Waals surface area contributed by atoms with Crippen molar-refractivity contribution in [3.8, 4) is 0 Å². The minimum absolute atomic E-state index is 0.0305. The number of hydrogen-bond donors (Lipinski definition) is 1. The van der Waals surface area contributed by atoms with Crippen molar-refractivity contribution in [2.75, 3.05) is 7.11 Å². The Kier molecular flexibility index (Phi) is 3.55. The van der Waals surface area contributed by atoms with Crippen molar-refractivity contribution >= 4 is 5.78 Å². The zero-order valence-corrected chi connectivity index (χ0v) is 14.7. The summed E-state index contributed by atoms with van der Waals surface area (Å²) >= 11 is 0. The first-order valence-corrected chi connectivity index (χ1v) is 9.36. The highest BCUT2D eigenvalue weighted by atomic mass is 16.5. The average molecular weight is 318 g/mol. The molecule has 0 saturated heterocycles. The van der Waals surface area contributed by atoms with E-state index >= 15 is 0 Å². The van der Waals surface area contributed by atoms with Crippen LogP contribution in [0.2, 0.25) is 0 Å². The highest BCUT2D eigenvalue weighted by Crippen LogP contribution is 2.65. The number of methoxy groups -OCH3 is 1. The van der Waals surface area contributed by atoms with Crippen molar-refractivity contribution in [2.24, 2.45) is 28.6 Å². The molecule has 7 atom stereocenters. The number of carbonyl (C=O) groups excluding carboxylic acids is 1. The molecule has 4 rings (SSSR count). The fourth-order valence-corrected chi connectivity index (χ4v) is 6.96. The van der Waals surface area contributed by atoms with Gasteiger partial charge in [-0.3, -0.25) is 4.79 Å². The van der Waals surface area contributed by atoms with Crippen molar-refractivity contribution in [3.05, 3.63) is 11.6 Å². The predicted molar refractivity (Wildman–Crippen MR) is 88.9 cm³/mol. The van der Waals surface area contributed by atoms with Crippen molar-refractivity contribution in [1.82, 2.24) is 0 Å². The number of fused-ring (bicyclic) bond motifs is 5. The number of ketones is 1. The summed E-state index contributed by atoms with van der Waals surface area (Å²) in [6.45, 7) is 4.76. The second-order valence-electron chi connectivity index (χ2n) is 8.97. The summed E-state index contributed by atoms with van der Waals surface area (Å²) in [5.74, 6) is 2.03. The monoisotopic (exact) mass is 318 g/mol. The molecule has 0 unspecified atom stereocenters. The number of aliphatic hydroxyl groups excluding tert-OH is 1. The molecule has 4 aliphatic carbocycles. The minimum atomic E-state index is -0.786. The molecule has 0 aliphatic heterocycles. The summed E-state index contributed by atoms with van der Waals surface area (Å²) in [4.78, 5) is 11.9. The molecular formula is C20H30O3. The van der Waals surface area contributed by atoms with Gasteiger partial charge in [0.2, 0.25) is 0 Å². The van der Waals surface area contributed by atoms with E-state index in [1.54, 1.807) is 6.08 Å². The number of aliphatic hydroxyl groups is 1. The highest BCUT2D eigenvalue weighted by molar-refractivity contribution is 5.95. The molecule has 0 aromatic heterocycles. The first-order chi connectivity index (χ1) is 10.9. The summed E-state index contributed by atoms with van der Waals surface area (Å²) in [5, 5.41) is 10.2. The first kappa shape index (κ1) is 15.8. The van der Waals surface area contributed by atoms with E-state index in [1.807, 2.05) is 7.11 Å². The molecule has 23 heavy (non-hydrogen) atoms. The predicted octanol–water partition coefficient (Wildman–Crippen LogP) is 3.50. The van der Waals surface area contributed by atoms with Gasteiger partial charge < -0.3 is 9.84 Å². The fourth-order valence-electron chi connectivity index (χ4n) is 6.96. The maximum atomic E-state index is 11.9. The van der Waals surface area contributed by atoms with E-state index in [-0.39, 0.29) is 11.2 Å². The lowest BCUT2D eigenvalue weighted by atomic mass is 9.47.